The highest BCUT2D eigenvalue weighted by atomic mass is 32.2. The van der Waals surface area contributed by atoms with Crippen LogP contribution in [0.25, 0.3) is 0 Å². The van der Waals surface area contributed by atoms with Gasteiger partial charge in [0.25, 0.3) is 0 Å². The van der Waals surface area contributed by atoms with E-state index in [0.29, 0.717) is 12.8 Å². The number of thioether (sulfide) groups is 2. The van der Waals surface area contributed by atoms with Gasteiger partial charge in [-0.25, -0.2) is 17.6 Å². The number of amides is 6. The molecule has 0 aromatic heterocycles. The largest absolute Gasteiger partial charge is 0.370 e. The van der Waals surface area contributed by atoms with E-state index in [0.717, 1.165) is 12.8 Å². The number of rotatable bonds is 27. The summed E-state index contributed by atoms with van der Waals surface area (Å²) in [5, 5.41) is 55.3. The fourth-order valence-corrected chi connectivity index (χ4v) is 9.90. The van der Waals surface area contributed by atoms with Crippen LogP contribution in [0, 0.1) is 50.8 Å². The Bertz CT molecular complexity index is 2250. The first-order valence-electron chi connectivity index (χ1n) is 25.1. The molecule has 3 rings (SSSR count). The van der Waals surface area contributed by atoms with Gasteiger partial charge in [0.15, 0.2) is 52.9 Å². The Morgan fingerprint density at radius 1 is 0.603 bits per heavy atom. The quantitative estimate of drug-likeness (QED) is 0.00918. The molecule has 438 valence electrons. The second-order valence-corrected chi connectivity index (χ2v) is 20.2. The van der Waals surface area contributed by atoms with Crippen molar-refractivity contribution in [2.45, 2.75) is 137 Å². The summed E-state index contributed by atoms with van der Waals surface area (Å²) >= 11 is 4.20. The predicted octanol–water partition coefficient (Wildman–Crippen LogP) is -1.38. The topological polar surface area (TPSA) is 451 Å². The third kappa shape index (κ3) is 24.0. The first-order chi connectivity index (χ1) is 36.9. The van der Waals surface area contributed by atoms with Gasteiger partial charge < -0.3 is 76.1 Å². The second-order valence-electron chi connectivity index (χ2n) is 17.9. The number of benzene rings is 1. The number of thiol groups is 1. The lowest BCUT2D eigenvalue weighted by Crippen LogP contribution is -2.60. The Morgan fingerprint density at radius 3 is 1.42 bits per heavy atom. The molecule has 2 heterocycles. The van der Waals surface area contributed by atoms with Gasteiger partial charge in [0.2, 0.25) is 35.4 Å². The molecule has 7 unspecified atom stereocenters. The third-order valence-corrected chi connectivity index (χ3v) is 14.4. The first kappa shape index (κ1) is 67.6. The summed E-state index contributed by atoms with van der Waals surface area (Å²) in [5.74, 6) is -17.5. The minimum atomic E-state index is -1.93. The number of ketones is 1. The molecule has 26 nitrogen and oxygen atoms in total. The number of carbonyl (C=O) groups excluding carboxylic acids is 7. The Balaban J connectivity index is 2.83. The number of hydrogen-bond donors (Lipinski definition) is 20. The Kier molecular flexibility index (Phi) is 31.1. The maximum absolute atomic E-state index is 16.0. The Morgan fingerprint density at radius 2 is 1.01 bits per heavy atom. The van der Waals surface area contributed by atoms with Crippen molar-refractivity contribution in [2.24, 2.45) is 28.9 Å². The lowest BCUT2D eigenvalue weighted by Gasteiger charge is -2.28. The van der Waals surface area contributed by atoms with Gasteiger partial charge in [-0.2, -0.15) is 0 Å². The van der Waals surface area contributed by atoms with Crippen molar-refractivity contribution in [1.82, 2.24) is 57.9 Å². The number of guanidine groups is 4. The van der Waals surface area contributed by atoms with Crippen LogP contribution in [-0.2, 0) is 33.6 Å². The van der Waals surface area contributed by atoms with E-state index < -0.39 is 147 Å². The van der Waals surface area contributed by atoms with Crippen LogP contribution in [0.15, 0.2) is 9.79 Å². The summed E-state index contributed by atoms with van der Waals surface area (Å²) in [7, 11) is 0. The second kappa shape index (κ2) is 35.8. The van der Waals surface area contributed by atoms with E-state index in [1.165, 1.54) is 0 Å². The molecule has 0 spiro atoms. The van der Waals surface area contributed by atoms with Crippen LogP contribution in [0.5, 0.6) is 0 Å². The van der Waals surface area contributed by atoms with Gasteiger partial charge in [-0.3, -0.25) is 59.9 Å². The molecule has 2 aliphatic rings. The maximum Gasteiger partial charge on any atom is 0.244 e. The molecular formula is C45H75F4N19O7S3. The standard InChI is InChI=1S/C45H75F4N19O7S3/c1-3-5-10-22(4-2)29(69)19-62-36(70)23(11-6-15-58-42(50)51)63-40(74)27-20-77-34-30(46)32(48)35(33(49)31(34)47)78-21-28(68-76)41(75)66-25(13-8-17-60-44(54)55)38(72)64-24(12-7-16-59-43(52)53)37(71)65-26(39(73)67-27)14-9-18-61-45(56)57/h22-28,68,76H,3-21H2,1-2H3,(H,62,70)(H,63,74)(H,64,72)(H,65,71)(H,66,75)(H,67,73)(H4,50,51,58)(H4,52,53,59)(H4,54,55,60)(H4,56,57,61). The summed E-state index contributed by atoms with van der Waals surface area (Å²) in [5.41, 5.74) is 21.7. The molecular weight excluding hydrogens is 1090 g/mol. The Hall–Kier alpha value is -6.48. The summed E-state index contributed by atoms with van der Waals surface area (Å²) in [6.07, 6.45) is 2.11. The maximum atomic E-state index is 16.0. The van der Waals surface area contributed by atoms with Crippen molar-refractivity contribution in [3.8, 4) is 0 Å². The van der Waals surface area contributed by atoms with Crippen LogP contribution in [0.4, 0.5) is 17.6 Å². The minimum Gasteiger partial charge on any atom is -0.370 e. The summed E-state index contributed by atoms with van der Waals surface area (Å²) < 4.78 is 66.1. The van der Waals surface area contributed by atoms with E-state index in [9.17, 15) is 33.6 Å². The molecule has 0 saturated carbocycles. The van der Waals surface area contributed by atoms with Gasteiger partial charge in [0.05, 0.1) is 16.3 Å². The third-order valence-electron chi connectivity index (χ3n) is 11.8. The molecule has 23 N–H and O–H groups in total. The number of carbonyl (C=O) groups is 7. The first-order valence-corrected chi connectivity index (χ1v) is 27.5. The van der Waals surface area contributed by atoms with E-state index in [4.69, 9.17) is 44.6 Å². The molecule has 7 atom stereocenters. The highest BCUT2D eigenvalue weighted by molar-refractivity contribution is 7.99. The highest BCUT2D eigenvalue weighted by Crippen LogP contribution is 2.36. The predicted molar refractivity (Wildman–Crippen MR) is 291 cm³/mol. The molecule has 0 aliphatic carbocycles. The number of unbranched alkanes of at least 4 members (excludes halogenated alkanes) is 1. The number of nitrogens with two attached hydrogens (primary N) is 4. The summed E-state index contributed by atoms with van der Waals surface area (Å²) in [4.78, 5) is 95.7. The minimum absolute atomic E-state index is 0.00218. The zero-order chi connectivity index (χ0) is 58.5. The zero-order valence-corrected chi connectivity index (χ0v) is 45.9. The molecule has 1 aromatic rings. The van der Waals surface area contributed by atoms with Crippen molar-refractivity contribution in [3.05, 3.63) is 23.3 Å². The van der Waals surface area contributed by atoms with Crippen LogP contribution < -0.4 is 80.8 Å². The van der Waals surface area contributed by atoms with Crippen molar-refractivity contribution in [2.75, 3.05) is 44.2 Å². The molecule has 78 heavy (non-hydrogen) atoms. The van der Waals surface area contributed by atoms with Crippen LogP contribution in [0.2, 0.25) is 0 Å². The van der Waals surface area contributed by atoms with Crippen LogP contribution in [0.3, 0.4) is 0 Å². The van der Waals surface area contributed by atoms with Crippen LogP contribution in [0.1, 0.15) is 90.9 Å². The number of Topliss-reactive ketones (excluding diaryl/α,β-unsaturated/α-hetero) is 1. The molecule has 2 bridgehead atoms. The summed E-state index contributed by atoms with van der Waals surface area (Å²) in [6, 6.07) is -9.51. The molecule has 1 aromatic carbocycles. The van der Waals surface area contributed by atoms with E-state index in [2.05, 4.69) is 70.7 Å². The van der Waals surface area contributed by atoms with Crippen LogP contribution >= 0.6 is 36.3 Å². The van der Waals surface area contributed by atoms with Gasteiger partial charge in [-0.15, -0.1) is 23.5 Å². The van der Waals surface area contributed by atoms with Gasteiger partial charge in [-0.1, -0.05) is 39.5 Å². The molecule has 0 fully saturated rings. The number of hydrogen-bond acceptors (Lipinski definition) is 15. The fourth-order valence-electron chi connectivity index (χ4n) is 7.57. The molecule has 0 saturated heterocycles. The lowest BCUT2D eigenvalue weighted by molar-refractivity contribution is -0.135. The zero-order valence-electron chi connectivity index (χ0n) is 43.4. The van der Waals surface area contributed by atoms with E-state index >= 15 is 17.6 Å². The van der Waals surface area contributed by atoms with Gasteiger partial charge in [0.1, 0.15) is 36.3 Å². The average Bonchev–Trinajstić information content (AvgIpc) is 3.38. The van der Waals surface area contributed by atoms with E-state index in [1.54, 1.807) is 0 Å². The van der Waals surface area contributed by atoms with Gasteiger partial charge >= 0.3 is 0 Å². The smallest absolute Gasteiger partial charge is 0.244 e. The van der Waals surface area contributed by atoms with E-state index in [-0.39, 0.29) is 113 Å². The lowest BCUT2D eigenvalue weighted by atomic mass is 9.94. The fraction of sp³-hybridized carbons (Fsp3) is 0.622. The van der Waals surface area contributed by atoms with Gasteiger partial charge in [0, 0.05) is 43.6 Å². The molecule has 6 amide bonds. The van der Waals surface area contributed by atoms with Crippen molar-refractivity contribution in [1.29, 1.82) is 21.6 Å². The Labute approximate surface area is 463 Å². The number of halogens is 4. The molecule has 33 heteroatoms. The van der Waals surface area contributed by atoms with E-state index in [1.807, 2.05) is 13.8 Å². The van der Waals surface area contributed by atoms with Crippen molar-refractivity contribution in [3.63, 3.8) is 0 Å². The van der Waals surface area contributed by atoms with Crippen LogP contribution in [-0.4, -0.2) is 146 Å². The van der Waals surface area contributed by atoms with Crippen molar-refractivity contribution < 1.29 is 51.1 Å². The SMILES string of the molecule is CCCCC(CC)C(=O)CNC(=O)C(CCCNC(=N)N)NC(=O)C1CSc2c(F)c(F)c(c(F)c2F)SCC(NS)C(=O)NC(CCCNC(=N)N)C(=O)NC(CCCNC(=N)N)C(=O)NC(CCCNC(=N)N)C(=O)N1. The van der Waals surface area contributed by atoms with Gasteiger partial charge in [-0.05, 0) is 64.2 Å². The monoisotopic (exact) mass is 1170 g/mol. The number of nitrogens with one attached hydrogen (secondary N) is 15. The molecule has 0 radical (unpaired) electrons. The normalized spacial score (nSPS) is 19.2. The highest BCUT2D eigenvalue weighted by Gasteiger charge is 2.36. The summed E-state index contributed by atoms with van der Waals surface area (Å²) in [6.45, 7) is 3.43. The molecule has 2 aliphatic heterocycles. The average molecular weight is 1170 g/mol. The number of fused-ring (bicyclic) bond motifs is 18. The van der Waals surface area contributed by atoms with Crippen molar-refractivity contribution >= 4 is 101 Å².